The Kier molecular flexibility index (Phi) is 2.87. The summed E-state index contributed by atoms with van der Waals surface area (Å²) in [4.78, 5) is 12.3. The maximum atomic E-state index is 12.3. The Morgan fingerprint density at radius 2 is 1.94 bits per heavy atom. The Balaban J connectivity index is 2.67. The summed E-state index contributed by atoms with van der Waals surface area (Å²) >= 11 is 0. The van der Waals surface area contributed by atoms with Crippen LogP contribution in [0.3, 0.4) is 0 Å². The second-order valence-electron chi connectivity index (χ2n) is 5.47. The molecule has 0 heterocycles. The van der Waals surface area contributed by atoms with Crippen molar-refractivity contribution in [3.05, 3.63) is 23.3 Å². The van der Waals surface area contributed by atoms with Crippen molar-refractivity contribution in [1.29, 1.82) is 10.5 Å². The molecule has 2 aliphatic rings. The molecule has 18 heavy (non-hydrogen) atoms. The minimum absolute atomic E-state index is 0.157. The lowest BCUT2D eigenvalue weighted by Gasteiger charge is -2.37. The van der Waals surface area contributed by atoms with Crippen LogP contribution in [0.25, 0.3) is 0 Å². The number of allylic oxidation sites excluding steroid dienone is 4. The first-order chi connectivity index (χ1) is 8.48. The molecule has 1 unspecified atom stereocenters. The number of hydrogen-bond acceptors (Lipinski definition) is 3. The van der Waals surface area contributed by atoms with E-state index in [4.69, 9.17) is 0 Å². The van der Waals surface area contributed by atoms with Crippen molar-refractivity contribution in [3.8, 4) is 12.1 Å². The van der Waals surface area contributed by atoms with E-state index in [1.165, 1.54) is 0 Å². The molecule has 2 rings (SSSR count). The standard InChI is InChI=1S/C15H16N2O/c1-11-6-7-15(9-16,10-17)12-4-3-5-13(18)14(12,2)8-11/h4,6H,3,5,7-8H2,1-2H3. The zero-order valence-electron chi connectivity index (χ0n) is 10.8. The average Bonchev–Trinajstić information content (AvgIpc) is 2.46. The first kappa shape index (κ1) is 12.6. The van der Waals surface area contributed by atoms with E-state index < -0.39 is 10.8 Å². The predicted molar refractivity (Wildman–Crippen MR) is 67.1 cm³/mol. The van der Waals surface area contributed by atoms with Gasteiger partial charge in [0.2, 0.25) is 0 Å². The summed E-state index contributed by atoms with van der Waals surface area (Å²) in [6, 6.07) is 4.29. The van der Waals surface area contributed by atoms with Gasteiger partial charge in [0.05, 0.1) is 17.6 Å². The van der Waals surface area contributed by atoms with E-state index in [1.54, 1.807) is 0 Å². The fourth-order valence-electron chi connectivity index (χ4n) is 3.14. The van der Waals surface area contributed by atoms with Gasteiger partial charge in [0, 0.05) is 12.8 Å². The molecule has 2 aliphatic carbocycles. The van der Waals surface area contributed by atoms with Crippen LogP contribution >= 0.6 is 0 Å². The van der Waals surface area contributed by atoms with Gasteiger partial charge in [0.1, 0.15) is 5.78 Å². The summed E-state index contributed by atoms with van der Waals surface area (Å²) in [5.74, 6) is 0.157. The molecule has 0 fully saturated rings. The minimum atomic E-state index is -1.16. The van der Waals surface area contributed by atoms with Crippen LogP contribution in [0, 0.1) is 33.5 Å². The highest BCUT2D eigenvalue weighted by molar-refractivity contribution is 5.90. The molecule has 1 atom stereocenters. The number of nitrogens with zero attached hydrogens (tertiary/aromatic N) is 2. The molecule has 0 aromatic rings. The number of carbonyl (C=O) groups excluding carboxylic acids is 1. The number of nitriles is 2. The topological polar surface area (TPSA) is 64.7 Å². The second kappa shape index (κ2) is 4.10. The molecule has 3 heteroatoms. The highest BCUT2D eigenvalue weighted by Crippen LogP contribution is 2.51. The molecule has 0 spiro atoms. The molecular formula is C15H16N2O. The zero-order chi connectivity index (χ0) is 13.4. The molecule has 0 aromatic heterocycles. The Hall–Kier alpha value is -1.87. The normalized spacial score (nSPS) is 30.1. The van der Waals surface area contributed by atoms with Gasteiger partial charge in [0.25, 0.3) is 0 Å². The van der Waals surface area contributed by atoms with Gasteiger partial charge in [-0.1, -0.05) is 17.7 Å². The number of hydrogen-bond donors (Lipinski definition) is 0. The van der Waals surface area contributed by atoms with Crippen LogP contribution in [0.15, 0.2) is 23.3 Å². The van der Waals surface area contributed by atoms with Gasteiger partial charge in [-0.25, -0.2) is 0 Å². The van der Waals surface area contributed by atoms with Gasteiger partial charge in [-0.15, -0.1) is 0 Å². The first-order valence-electron chi connectivity index (χ1n) is 6.21. The largest absolute Gasteiger partial charge is 0.299 e. The van der Waals surface area contributed by atoms with Crippen molar-refractivity contribution in [1.82, 2.24) is 0 Å². The maximum Gasteiger partial charge on any atom is 0.169 e. The van der Waals surface area contributed by atoms with E-state index in [2.05, 4.69) is 12.1 Å². The summed E-state index contributed by atoms with van der Waals surface area (Å²) in [6.45, 7) is 3.85. The number of rotatable bonds is 0. The fourth-order valence-corrected chi connectivity index (χ4v) is 3.14. The van der Waals surface area contributed by atoms with Crippen molar-refractivity contribution in [2.45, 2.75) is 39.5 Å². The molecule has 0 N–H and O–H groups in total. The lowest BCUT2D eigenvalue weighted by atomic mass is 9.62. The van der Waals surface area contributed by atoms with E-state index in [-0.39, 0.29) is 5.78 Å². The van der Waals surface area contributed by atoms with E-state index in [9.17, 15) is 15.3 Å². The van der Waals surface area contributed by atoms with E-state index in [0.29, 0.717) is 25.7 Å². The molecule has 3 nitrogen and oxygen atoms in total. The highest BCUT2D eigenvalue weighted by atomic mass is 16.1. The number of fused-ring (bicyclic) bond motifs is 1. The SMILES string of the molecule is CC1=CCC(C#N)(C#N)C2=CCCC(=O)C2(C)C1. The second-order valence-corrected chi connectivity index (χ2v) is 5.47. The Morgan fingerprint density at radius 3 is 2.56 bits per heavy atom. The van der Waals surface area contributed by atoms with Gasteiger partial charge in [-0.3, -0.25) is 4.79 Å². The van der Waals surface area contributed by atoms with Crippen molar-refractivity contribution in [2.75, 3.05) is 0 Å². The van der Waals surface area contributed by atoms with Gasteiger partial charge in [-0.05, 0) is 32.3 Å². The van der Waals surface area contributed by atoms with Crippen LogP contribution in [-0.2, 0) is 4.79 Å². The Morgan fingerprint density at radius 1 is 1.28 bits per heavy atom. The van der Waals surface area contributed by atoms with Gasteiger partial charge >= 0.3 is 0 Å². The van der Waals surface area contributed by atoms with Gasteiger partial charge in [0.15, 0.2) is 5.41 Å². The van der Waals surface area contributed by atoms with Gasteiger partial charge in [-0.2, -0.15) is 10.5 Å². The minimum Gasteiger partial charge on any atom is -0.299 e. The molecule has 0 saturated carbocycles. The molecule has 0 bridgehead atoms. The van der Waals surface area contributed by atoms with Crippen LogP contribution in [0.1, 0.15) is 39.5 Å². The Labute approximate surface area is 107 Å². The Bertz CT molecular complexity index is 528. The maximum absolute atomic E-state index is 12.3. The van der Waals surface area contributed by atoms with Crippen molar-refractivity contribution >= 4 is 5.78 Å². The third kappa shape index (κ3) is 1.59. The lowest BCUT2D eigenvalue weighted by molar-refractivity contribution is -0.126. The summed E-state index contributed by atoms with van der Waals surface area (Å²) in [7, 11) is 0. The third-order valence-corrected chi connectivity index (χ3v) is 4.16. The van der Waals surface area contributed by atoms with Crippen LogP contribution in [0.2, 0.25) is 0 Å². The third-order valence-electron chi connectivity index (χ3n) is 4.16. The quantitative estimate of drug-likeness (QED) is 0.611. The molecule has 92 valence electrons. The highest BCUT2D eigenvalue weighted by Gasteiger charge is 2.50. The van der Waals surface area contributed by atoms with Crippen LogP contribution in [0.4, 0.5) is 0 Å². The zero-order valence-corrected chi connectivity index (χ0v) is 10.8. The molecule has 0 amide bonds. The molecule has 0 radical (unpaired) electrons. The number of carbonyl (C=O) groups is 1. The number of Topliss-reactive ketones (excluding diaryl/α,β-unsaturated/α-hetero) is 1. The summed E-state index contributed by atoms with van der Waals surface area (Å²) in [5.41, 5.74) is -0.0148. The van der Waals surface area contributed by atoms with Crippen molar-refractivity contribution in [3.63, 3.8) is 0 Å². The van der Waals surface area contributed by atoms with Crippen LogP contribution in [0.5, 0.6) is 0 Å². The summed E-state index contributed by atoms with van der Waals surface area (Å²) in [6.07, 6.45) is 6.06. The lowest BCUT2D eigenvalue weighted by Crippen LogP contribution is -2.39. The smallest absolute Gasteiger partial charge is 0.169 e. The molecule has 0 saturated heterocycles. The molecular weight excluding hydrogens is 224 g/mol. The van der Waals surface area contributed by atoms with E-state index in [1.807, 2.05) is 26.0 Å². The van der Waals surface area contributed by atoms with Crippen molar-refractivity contribution in [2.24, 2.45) is 10.8 Å². The van der Waals surface area contributed by atoms with Gasteiger partial charge < -0.3 is 0 Å². The monoisotopic (exact) mass is 240 g/mol. The summed E-state index contributed by atoms with van der Waals surface area (Å²) < 4.78 is 0. The molecule has 0 aliphatic heterocycles. The van der Waals surface area contributed by atoms with Crippen LogP contribution < -0.4 is 0 Å². The summed E-state index contributed by atoms with van der Waals surface area (Å²) in [5, 5.41) is 18.9. The van der Waals surface area contributed by atoms with E-state index in [0.717, 1.165) is 11.1 Å². The van der Waals surface area contributed by atoms with E-state index >= 15 is 0 Å². The predicted octanol–water partition coefficient (Wildman–Crippen LogP) is 3.06. The van der Waals surface area contributed by atoms with Crippen LogP contribution in [-0.4, -0.2) is 5.78 Å². The number of ketones is 1. The van der Waals surface area contributed by atoms with Crippen molar-refractivity contribution < 1.29 is 4.79 Å². The molecule has 0 aromatic carbocycles. The first-order valence-corrected chi connectivity index (χ1v) is 6.21. The average molecular weight is 240 g/mol. The fraction of sp³-hybridized carbons (Fsp3) is 0.533.